The smallest absolute Gasteiger partial charge is 0.339 e. The Morgan fingerprint density at radius 1 is 0.190 bits per heavy atom. The van der Waals surface area contributed by atoms with Gasteiger partial charge >= 0.3 is 23.9 Å². The number of hydrogen-bond acceptors (Lipinski definition) is 8. The third kappa shape index (κ3) is 71.6. The summed E-state index contributed by atoms with van der Waals surface area (Å²) in [7, 11) is 0. The summed E-state index contributed by atoms with van der Waals surface area (Å²) in [6, 6.07) is 6.95. The van der Waals surface area contributed by atoms with Crippen molar-refractivity contribution < 1.29 is 38.1 Å². The zero-order valence-corrected chi connectivity index (χ0v) is 66.3. The predicted octanol–water partition coefficient (Wildman–Crippen LogP) is 30.3. The van der Waals surface area contributed by atoms with Crippen molar-refractivity contribution in [2.45, 2.75) is 475 Å². The van der Waals surface area contributed by atoms with E-state index in [9.17, 15) is 19.2 Å². The highest BCUT2D eigenvalue weighted by Crippen LogP contribution is 2.22. The summed E-state index contributed by atoms with van der Waals surface area (Å²) in [5, 5.41) is 0. The van der Waals surface area contributed by atoms with E-state index in [2.05, 4.69) is 13.2 Å². The zero-order chi connectivity index (χ0) is 71.7. The molecule has 0 fully saturated rings. The van der Waals surface area contributed by atoms with Gasteiger partial charge in [-0.15, -0.1) is 0 Å². The monoisotopic (exact) mass is 1400 g/mol. The minimum atomic E-state index is -0.424. The van der Waals surface area contributed by atoms with Crippen molar-refractivity contribution in [1.29, 1.82) is 0 Å². The van der Waals surface area contributed by atoms with Crippen LogP contribution in [0.15, 0.2) is 49.6 Å². The fourth-order valence-corrected chi connectivity index (χ4v) is 14.6. The molecule has 0 radical (unpaired) electrons. The number of unbranched alkanes of at least 4 members (excludes halogenated alkanes) is 72. The van der Waals surface area contributed by atoms with Crippen molar-refractivity contribution in [2.75, 3.05) is 26.4 Å². The van der Waals surface area contributed by atoms with Gasteiger partial charge < -0.3 is 18.9 Å². The number of rotatable bonds is 84. The lowest BCUT2D eigenvalue weighted by molar-refractivity contribution is -0.138. The van der Waals surface area contributed by atoms with Gasteiger partial charge in [-0.05, 0) is 37.8 Å². The van der Waals surface area contributed by atoms with Crippen LogP contribution in [-0.4, -0.2) is 50.3 Å². The highest BCUT2D eigenvalue weighted by atomic mass is 16.5. The van der Waals surface area contributed by atoms with E-state index in [-0.39, 0.29) is 11.9 Å². The maximum absolute atomic E-state index is 13.0. The van der Waals surface area contributed by atoms with E-state index >= 15 is 0 Å². The summed E-state index contributed by atoms with van der Waals surface area (Å²) in [6.45, 7) is 8.72. The summed E-state index contributed by atoms with van der Waals surface area (Å²) >= 11 is 0. The molecule has 1 rings (SSSR count). The first-order valence-corrected chi connectivity index (χ1v) is 44.5. The van der Waals surface area contributed by atoms with E-state index in [1.807, 2.05) is 0 Å². The zero-order valence-electron chi connectivity index (χ0n) is 66.3. The largest absolute Gasteiger partial charge is 0.463 e. The van der Waals surface area contributed by atoms with Gasteiger partial charge in [0.15, 0.2) is 0 Å². The number of benzene rings is 1. The molecular formula is C92H166O8. The second-order valence-corrected chi connectivity index (χ2v) is 30.7. The van der Waals surface area contributed by atoms with Gasteiger partial charge in [-0.25, -0.2) is 19.2 Å². The van der Waals surface area contributed by atoms with Crippen LogP contribution >= 0.6 is 0 Å². The molecule has 0 spiro atoms. The Balaban J connectivity index is 1.76. The first-order chi connectivity index (χ1) is 49.5. The number of ether oxygens (including phenoxy) is 4. The quantitative estimate of drug-likeness (QED) is 0.0275. The molecule has 0 unspecified atom stereocenters. The van der Waals surface area contributed by atoms with Gasteiger partial charge in [-0.3, -0.25) is 0 Å². The van der Waals surface area contributed by atoms with Crippen LogP contribution in [0.25, 0.3) is 0 Å². The fraction of sp³-hybridized carbons (Fsp3) is 0.848. The van der Waals surface area contributed by atoms with Crippen molar-refractivity contribution in [3.63, 3.8) is 0 Å². The molecule has 0 aliphatic carbocycles. The Labute approximate surface area is 621 Å². The number of carbonyl (C=O) groups is 4. The van der Waals surface area contributed by atoms with E-state index in [1.165, 1.54) is 436 Å². The van der Waals surface area contributed by atoms with E-state index in [1.54, 1.807) is 24.3 Å². The van der Waals surface area contributed by atoms with Crippen molar-refractivity contribution in [3.05, 3.63) is 60.7 Å². The molecule has 1 aromatic rings. The molecule has 0 N–H and O–H groups in total. The number of esters is 4. The van der Waals surface area contributed by atoms with Gasteiger partial charge in [-0.2, -0.15) is 0 Å². The molecule has 100 heavy (non-hydrogen) atoms. The topological polar surface area (TPSA) is 105 Å². The molecule has 0 atom stereocenters. The summed E-state index contributed by atoms with van der Waals surface area (Å²) in [5.74, 6) is -1.45. The van der Waals surface area contributed by atoms with Gasteiger partial charge in [0, 0.05) is 12.2 Å². The molecule has 0 saturated carbocycles. The molecule has 8 nitrogen and oxygen atoms in total. The van der Waals surface area contributed by atoms with Crippen LogP contribution in [0, 0.1) is 0 Å². The summed E-state index contributed by atoms with van der Waals surface area (Å²) < 4.78 is 21.3. The summed E-state index contributed by atoms with van der Waals surface area (Å²) in [6.07, 6.45) is 103. The minimum absolute atomic E-state index is 0.302. The summed E-state index contributed by atoms with van der Waals surface area (Å²) in [4.78, 5) is 48.0. The second-order valence-electron chi connectivity index (χ2n) is 30.7. The molecule has 0 saturated heterocycles. The average Bonchev–Trinajstić information content (AvgIpc) is 0.854. The molecule has 0 aromatic heterocycles. The lowest BCUT2D eigenvalue weighted by Gasteiger charge is -2.10. The van der Waals surface area contributed by atoms with E-state index < -0.39 is 11.9 Å². The summed E-state index contributed by atoms with van der Waals surface area (Å²) in [5.41, 5.74) is 0.624. The lowest BCUT2D eigenvalue weighted by Crippen LogP contribution is -2.15. The van der Waals surface area contributed by atoms with E-state index in [0.29, 0.717) is 37.6 Å². The molecule has 0 aliphatic heterocycles. The standard InChI is InChI=1S/C92H166O8/c1-3-89(93)97-83-77-71-67-63-59-55-51-47-43-39-35-31-27-23-19-15-11-7-5-9-13-17-21-25-29-33-37-41-45-49-53-57-61-65-69-73-79-85-99-91(95)87-81-75-76-82-88(87)92(96)100-86-80-74-70-66-62-58-54-50-46-42-38-34-30-26-22-18-14-10-6-8-12-16-20-24-28-32-36-40-44-48-52-56-60-64-68-72-78-84-98-90(94)4-2/h3-4,75-76,81-82H,1-2,5-74,77-80,83-86H2. The third-order valence-electron chi connectivity index (χ3n) is 21.2. The number of hydrogen-bond donors (Lipinski definition) is 0. The van der Waals surface area contributed by atoms with Crippen molar-refractivity contribution in [1.82, 2.24) is 0 Å². The van der Waals surface area contributed by atoms with Crippen molar-refractivity contribution >= 4 is 23.9 Å². The van der Waals surface area contributed by atoms with E-state index in [4.69, 9.17) is 18.9 Å². The van der Waals surface area contributed by atoms with Crippen LogP contribution in [-0.2, 0) is 28.5 Å². The highest BCUT2D eigenvalue weighted by Gasteiger charge is 2.19. The van der Waals surface area contributed by atoms with Crippen LogP contribution in [0.3, 0.4) is 0 Å². The average molecular weight is 1400 g/mol. The first kappa shape index (κ1) is 94.6. The maximum atomic E-state index is 13.0. The van der Waals surface area contributed by atoms with Gasteiger partial charge in [0.25, 0.3) is 0 Å². The number of carbonyl (C=O) groups excluding carboxylic acids is 4. The molecule has 8 heteroatoms. The Morgan fingerprint density at radius 2 is 0.300 bits per heavy atom. The second kappa shape index (κ2) is 81.3. The molecule has 582 valence electrons. The van der Waals surface area contributed by atoms with E-state index in [0.717, 1.165) is 51.4 Å². The van der Waals surface area contributed by atoms with Crippen LogP contribution in [0.1, 0.15) is 496 Å². The molecule has 0 amide bonds. The van der Waals surface area contributed by atoms with Crippen molar-refractivity contribution in [3.8, 4) is 0 Å². The molecule has 0 bridgehead atoms. The third-order valence-corrected chi connectivity index (χ3v) is 21.2. The molecule has 0 heterocycles. The van der Waals surface area contributed by atoms with Gasteiger partial charge in [0.2, 0.25) is 0 Å². The highest BCUT2D eigenvalue weighted by molar-refractivity contribution is 6.03. The molecular weight excluding hydrogens is 1230 g/mol. The fourth-order valence-electron chi connectivity index (χ4n) is 14.6. The maximum Gasteiger partial charge on any atom is 0.339 e. The lowest BCUT2D eigenvalue weighted by atomic mass is 10.0. The van der Waals surface area contributed by atoms with Crippen LogP contribution < -0.4 is 0 Å². The Hall–Kier alpha value is -3.42. The Kier molecular flexibility index (Phi) is 76.9. The van der Waals surface area contributed by atoms with Gasteiger partial charge in [-0.1, -0.05) is 475 Å². The molecule has 0 aliphatic rings. The van der Waals surface area contributed by atoms with Crippen LogP contribution in [0.4, 0.5) is 0 Å². The van der Waals surface area contributed by atoms with Crippen LogP contribution in [0.5, 0.6) is 0 Å². The van der Waals surface area contributed by atoms with Gasteiger partial charge in [0.05, 0.1) is 37.6 Å². The predicted molar refractivity (Wildman–Crippen MR) is 431 cm³/mol. The van der Waals surface area contributed by atoms with Crippen LogP contribution in [0.2, 0.25) is 0 Å². The first-order valence-electron chi connectivity index (χ1n) is 44.5. The normalized spacial score (nSPS) is 11.4. The van der Waals surface area contributed by atoms with Gasteiger partial charge in [0.1, 0.15) is 0 Å². The minimum Gasteiger partial charge on any atom is -0.463 e. The SMILES string of the molecule is C=CC(=O)OCCCCCCCCCCCCCCCCCCCCCCCCCCCCCCCCCCCCCCCOC(=O)c1ccccc1C(=O)OCCCCCCCCCCCCCCCCCCCCCCCCCCCCCCCCCCCCCCCOC(=O)C=C. The molecule has 1 aromatic carbocycles. The van der Waals surface area contributed by atoms with Crippen molar-refractivity contribution in [2.24, 2.45) is 0 Å². The Morgan fingerprint density at radius 3 is 0.420 bits per heavy atom. The Bertz CT molecular complexity index is 1760.